The largest absolute Gasteiger partial charge is 0.269 e. The number of benzene rings is 2. The van der Waals surface area contributed by atoms with Gasteiger partial charge in [0.25, 0.3) is 11.6 Å². The Balaban J connectivity index is 2.08. The maximum atomic E-state index is 11.9. The zero-order valence-electron chi connectivity index (χ0n) is 10.2. The summed E-state index contributed by atoms with van der Waals surface area (Å²) in [6, 6.07) is 13.5. The molecule has 0 aliphatic rings. The molecule has 0 aliphatic carbocycles. The lowest BCUT2D eigenvalue weighted by molar-refractivity contribution is -0.384. The van der Waals surface area contributed by atoms with Crippen LogP contribution in [0, 0.1) is 10.1 Å². The molecule has 0 saturated carbocycles. The lowest BCUT2D eigenvalue weighted by Gasteiger charge is -2.04. The molecule has 1 atom stereocenters. The number of non-ortho nitro benzene ring substituents is 1. The van der Waals surface area contributed by atoms with Crippen LogP contribution < -0.4 is 4.72 Å². The van der Waals surface area contributed by atoms with Gasteiger partial charge in [-0.15, -0.1) is 0 Å². The van der Waals surface area contributed by atoms with E-state index in [9.17, 15) is 19.1 Å². The average molecular weight is 290 g/mol. The third-order valence-corrected chi connectivity index (χ3v) is 3.55. The van der Waals surface area contributed by atoms with Crippen molar-refractivity contribution >= 4 is 22.6 Å². The minimum Gasteiger partial charge on any atom is -0.268 e. The van der Waals surface area contributed by atoms with E-state index in [0.717, 1.165) is 0 Å². The van der Waals surface area contributed by atoms with Crippen LogP contribution >= 0.6 is 0 Å². The summed E-state index contributed by atoms with van der Waals surface area (Å²) in [6.07, 6.45) is 0. The van der Waals surface area contributed by atoms with Crippen molar-refractivity contribution in [3.05, 3.63) is 70.3 Å². The summed E-state index contributed by atoms with van der Waals surface area (Å²) >= 11 is 0. The fraction of sp³-hybridized carbons (Fsp3) is 0. The van der Waals surface area contributed by atoms with Crippen molar-refractivity contribution in [2.75, 3.05) is 0 Å². The fourth-order valence-corrected chi connectivity index (χ4v) is 2.27. The molecule has 102 valence electrons. The number of nitro groups is 1. The van der Waals surface area contributed by atoms with Crippen molar-refractivity contribution in [2.24, 2.45) is 0 Å². The van der Waals surface area contributed by atoms with Gasteiger partial charge in [0.2, 0.25) is 0 Å². The molecule has 2 aromatic carbocycles. The molecule has 6 nitrogen and oxygen atoms in total. The predicted octanol–water partition coefficient (Wildman–Crippen LogP) is 2.05. The third-order valence-electron chi connectivity index (χ3n) is 2.48. The van der Waals surface area contributed by atoms with Crippen LogP contribution in [0.3, 0.4) is 0 Å². The Labute approximate surface area is 117 Å². The zero-order valence-corrected chi connectivity index (χ0v) is 11.0. The number of hydrogen-bond acceptors (Lipinski definition) is 4. The van der Waals surface area contributed by atoms with E-state index in [2.05, 4.69) is 4.72 Å². The van der Waals surface area contributed by atoms with Gasteiger partial charge in [-0.2, -0.15) is 0 Å². The number of nitrogens with zero attached hydrogens (tertiary/aromatic N) is 1. The Hall–Kier alpha value is -2.54. The lowest BCUT2D eigenvalue weighted by Crippen LogP contribution is -2.25. The quantitative estimate of drug-likeness (QED) is 0.689. The number of hydrogen-bond donors (Lipinski definition) is 1. The van der Waals surface area contributed by atoms with Gasteiger partial charge in [0.05, 0.1) is 9.82 Å². The molecular formula is C13H10N2O4S. The first-order valence-electron chi connectivity index (χ1n) is 5.60. The van der Waals surface area contributed by atoms with Crippen LogP contribution in [0.1, 0.15) is 10.4 Å². The molecule has 2 aromatic rings. The normalized spacial score (nSPS) is 11.6. The molecule has 20 heavy (non-hydrogen) atoms. The highest BCUT2D eigenvalue weighted by molar-refractivity contribution is 7.83. The second-order valence-corrected chi connectivity index (χ2v) is 5.03. The Bertz CT molecular complexity index is 656. The summed E-state index contributed by atoms with van der Waals surface area (Å²) < 4.78 is 14.2. The molecule has 1 amide bonds. The molecule has 7 heteroatoms. The van der Waals surface area contributed by atoms with Gasteiger partial charge < -0.3 is 0 Å². The van der Waals surface area contributed by atoms with Crippen LogP contribution in [-0.4, -0.2) is 15.0 Å². The number of carbonyl (C=O) groups excluding carboxylic acids is 1. The molecule has 1 N–H and O–H groups in total. The van der Waals surface area contributed by atoms with Crippen LogP contribution in [0.2, 0.25) is 0 Å². The van der Waals surface area contributed by atoms with E-state index in [1.165, 1.54) is 24.3 Å². The SMILES string of the molecule is O=C(NS(=O)c1ccc([N+](=O)[O-])cc1)c1ccccc1. The van der Waals surface area contributed by atoms with Crippen LogP contribution in [-0.2, 0) is 11.0 Å². The molecule has 0 spiro atoms. The van der Waals surface area contributed by atoms with Gasteiger partial charge in [-0.05, 0) is 24.3 Å². The first kappa shape index (κ1) is 13.9. The van der Waals surface area contributed by atoms with E-state index in [1.54, 1.807) is 30.3 Å². The second kappa shape index (κ2) is 6.07. The summed E-state index contributed by atoms with van der Waals surface area (Å²) in [5.41, 5.74) is 0.294. The molecule has 0 saturated heterocycles. The molecule has 0 aliphatic heterocycles. The van der Waals surface area contributed by atoms with E-state index in [1.807, 2.05) is 0 Å². The third kappa shape index (κ3) is 3.27. The van der Waals surface area contributed by atoms with Crippen molar-refractivity contribution in [1.29, 1.82) is 0 Å². The molecular weight excluding hydrogens is 280 g/mol. The lowest BCUT2D eigenvalue weighted by atomic mass is 10.2. The van der Waals surface area contributed by atoms with Gasteiger partial charge in [0, 0.05) is 17.7 Å². The van der Waals surface area contributed by atoms with Gasteiger partial charge in [0.15, 0.2) is 11.0 Å². The highest BCUT2D eigenvalue weighted by Crippen LogP contribution is 2.14. The Morgan fingerprint density at radius 3 is 2.20 bits per heavy atom. The van der Waals surface area contributed by atoms with Crippen LogP contribution in [0.5, 0.6) is 0 Å². The average Bonchev–Trinajstić information content (AvgIpc) is 2.48. The summed E-state index contributed by atoms with van der Waals surface area (Å²) in [4.78, 5) is 22.0. The standard InChI is InChI=1S/C13H10N2O4S/c16-13(10-4-2-1-3-5-10)14-20(19)12-8-6-11(7-9-12)15(17)18/h1-9H,(H,14,16). The molecule has 0 heterocycles. The number of rotatable bonds is 4. The highest BCUT2D eigenvalue weighted by Gasteiger charge is 2.12. The predicted molar refractivity (Wildman–Crippen MR) is 73.4 cm³/mol. The summed E-state index contributed by atoms with van der Waals surface area (Å²) in [5.74, 6) is -0.470. The number of nitrogens with one attached hydrogen (secondary N) is 1. The minimum absolute atomic E-state index is 0.0971. The maximum absolute atomic E-state index is 11.9. The van der Waals surface area contributed by atoms with Crippen molar-refractivity contribution < 1.29 is 13.9 Å². The van der Waals surface area contributed by atoms with E-state index in [4.69, 9.17) is 0 Å². The Kier molecular flexibility index (Phi) is 4.21. The van der Waals surface area contributed by atoms with Gasteiger partial charge in [0.1, 0.15) is 0 Å². The summed E-state index contributed by atoms with van der Waals surface area (Å²) in [6.45, 7) is 0. The molecule has 0 aromatic heterocycles. The van der Waals surface area contributed by atoms with E-state index in [-0.39, 0.29) is 5.69 Å². The van der Waals surface area contributed by atoms with Gasteiger partial charge >= 0.3 is 0 Å². The molecule has 0 fully saturated rings. The van der Waals surface area contributed by atoms with Crippen molar-refractivity contribution in [2.45, 2.75) is 4.90 Å². The van der Waals surface area contributed by atoms with Crippen LogP contribution in [0.4, 0.5) is 5.69 Å². The van der Waals surface area contributed by atoms with Crippen LogP contribution in [0.15, 0.2) is 59.5 Å². The van der Waals surface area contributed by atoms with E-state index >= 15 is 0 Å². The maximum Gasteiger partial charge on any atom is 0.269 e. The number of nitro benzene ring substituents is 1. The highest BCUT2D eigenvalue weighted by atomic mass is 32.2. The first-order chi connectivity index (χ1) is 9.58. The van der Waals surface area contributed by atoms with Crippen molar-refractivity contribution in [1.82, 2.24) is 4.72 Å². The Morgan fingerprint density at radius 2 is 1.65 bits per heavy atom. The number of amides is 1. The van der Waals surface area contributed by atoms with Gasteiger partial charge in [-0.1, -0.05) is 18.2 Å². The summed E-state index contributed by atoms with van der Waals surface area (Å²) in [7, 11) is -1.76. The topological polar surface area (TPSA) is 89.3 Å². The molecule has 1 unspecified atom stereocenters. The second-order valence-electron chi connectivity index (χ2n) is 3.82. The van der Waals surface area contributed by atoms with E-state index in [0.29, 0.717) is 10.5 Å². The minimum atomic E-state index is -1.76. The molecule has 2 rings (SSSR count). The Morgan fingerprint density at radius 1 is 1.05 bits per heavy atom. The van der Waals surface area contributed by atoms with Gasteiger partial charge in [-0.25, -0.2) is 4.21 Å². The smallest absolute Gasteiger partial charge is 0.268 e. The van der Waals surface area contributed by atoms with Gasteiger partial charge in [-0.3, -0.25) is 19.6 Å². The van der Waals surface area contributed by atoms with Crippen molar-refractivity contribution in [3.63, 3.8) is 0 Å². The van der Waals surface area contributed by atoms with Crippen molar-refractivity contribution in [3.8, 4) is 0 Å². The van der Waals surface area contributed by atoms with E-state index < -0.39 is 21.8 Å². The molecule has 0 radical (unpaired) electrons. The first-order valence-corrected chi connectivity index (χ1v) is 6.75. The van der Waals surface area contributed by atoms with Crippen LogP contribution in [0.25, 0.3) is 0 Å². The zero-order chi connectivity index (χ0) is 14.5. The monoisotopic (exact) mass is 290 g/mol. The number of carbonyl (C=O) groups is 1. The summed E-state index contributed by atoms with van der Waals surface area (Å²) in [5, 5.41) is 10.5. The molecule has 0 bridgehead atoms. The fourth-order valence-electron chi connectivity index (χ4n) is 1.48.